The minimum Gasteiger partial charge on any atom is -0.484 e. The van der Waals surface area contributed by atoms with E-state index in [0.717, 1.165) is 5.56 Å². The number of fused-ring (bicyclic) bond motifs is 1. The number of nitro groups is 1. The van der Waals surface area contributed by atoms with Gasteiger partial charge in [-0.1, -0.05) is 0 Å². The molecule has 0 fully saturated rings. The first-order valence-electron chi connectivity index (χ1n) is 8.06. The second-order valence-corrected chi connectivity index (χ2v) is 7.72. The second-order valence-electron chi connectivity index (χ2n) is 5.83. The third-order valence-electron chi connectivity index (χ3n) is 4.24. The monoisotopic (exact) mass is 391 g/mol. The number of rotatable bonds is 6. The fourth-order valence-electron chi connectivity index (χ4n) is 2.81. The molecule has 0 aliphatic carbocycles. The van der Waals surface area contributed by atoms with Crippen molar-refractivity contribution in [2.24, 2.45) is 0 Å². The van der Waals surface area contributed by atoms with E-state index in [1.54, 1.807) is 12.1 Å². The summed E-state index contributed by atoms with van der Waals surface area (Å²) in [5.74, 6) is 0.0696. The first-order chi connectivity index (χ1) is 12.8. The normalized spacial score (nSPS) is 13.3. The summed E-state index contributed by atoms with van der Waals surface area (Å²) in [7, 11) is -2.20. The summed E-state index contributed by atoms with van der Waals surface area (Å²) in [5.41, 5.74) is 1.37. The van der Waals surface area contributed by atoms with Crippen molar-refractivity contribution >= 4 is 27.3 Å². The van der Waals surface area contributed by atoms with Gasteiger partial charge in [-0.3, -0.25) is 14.9 Å². The Morgan fingerprint density at radius 1 is 1.26 bits per heavy atom. The van der Waals surface area contributed by atoms with E-state index in [1.807, 2.05) is 0 Å². The molecule has 0 atom stereocenters. The first-order valence-corrected chi connectivity index (χ1v) is 9.54. The number of hydrogen-bond donors (Lipinski definition) is 1. The first kappa shape index (κ1) is 18.8. The largest absolute Gasteiger partial charge is 0.484 e. The number of carbonyl (C=O) groups is 1. The smallest absolute Gasteiger partial charge is 0.269 e. The number of sulfonamides is 1. The minimum atomic E-state index is -3.54. The predicted molar refractivity (Wildman–Crippen MR) is 97.3 cm³/mol. The highest BCUT2D eigenvalue weighted by Crippen LogP contribution is 2.30. The molecule has 9 nitrogen and oxygen atoms in total. The van der Waals surface area contributed by atoms with E-state index in [4.69, 9.17) is 4.74 Å². The molecule has 0 saturated heterocycles. The van der Waals surface area contributed by atoms with Gasteiger partial charge in [0.05, 0.1) is 9.82 Å². The molecule has 1 aliphatic rings. The maximum absolute atomic E-state index is 12.5. The number of carbonyl (C=O) groups excluding carboxylic acids is 1. The van der Waals surface area contributed by atoms with Crippen molar-refractivity contribution in [3.63, 3.8) is 0 Å². The number of ether oxygens (including phenoxy) is 1. The molecule has 142 valence electrons. The Bertz CT molecular complexity index is 988. The third kappa shape index (κ3) is 3.91. The van der Waals surface area contributed by atoms with Crippen molar-refractivity contribution in [1.82, 2.24) is 4.72 Å². The fourth-order valence-corrected chi connectivity index (χ4v) is 3.59. The highest BCUT2D eigenvalue weighted by atomic mass is 32.2. The van der Waals surface area contributed by atoms with Crippen LogP contribution in [-0.2, 0) is 21.2 Å². The molecule has 1 aliphatic heterocycles. The number of benzene rings is 2. The molecular formula is C17H17N3O6S. The summed E-state index contributed by atoms with van der Waals surface area (Å²) < 4.78 is 31.4. The van der Waals surface area contributed by atoms with Crippen LogP contribution in [0.2, 0.25) is 0 Å². The van der Waals surface area contributed by atoms with E-state index in [2.05, 4.69) is 4.72 Å². The van der Waals surface area contributed by atoms with Crippen LogP contribution >= 0.6 is 0 Å². The molecule has 0 bridgehead atoms. The van der Waals surface area contributed by atoms with Gasteiger partial charge in [0, 0.05) is 24.4 Å². The van der Waals surface area contributed by atoms with Gasteiger partial charge in [0.15, 0.2) is 6.61 Å². The van der Waals surface area contributed by atoms with E-state index < -0.39 is 14.9 Å². The predicted octanol–water partition coefficient (Wildman–Crippen LogP) is 1.47. The molecule has 0 radical (unpaired) electrons. The maximum Gasteiger partial charge on any atom is 0.269 e. The summed E-state index contributed by atoms with van der Waals surface area (Å²) in [6, 6.07) is 10.1. The Balaban J connectivity index is 1.68. The number of non-ortho nitro benzene ring substituents is 1. The van der Waals surface area contributed by atoms with Gasteiger partial charge in [0.2, 0.25) is 10.0 Å². The van der Waals surface area contributed by atoms with Crippen LogP contribution in [0.4, 0.5) is 11.4 Å². The molecule has 10 heteroatoms. The quantitative estimate of drug-likeness (QED) is 0.588. The second kappa shape index (κ2) is 7.33. The number of amides is 1. The van der Waals surface area contributed by atoms with Gasteiger partial charge in [0.25, 0.3) is 11.6 Å². The molecule has 2 aromatic rings. The van der Waals surface area contributed by atoms with Crippen molar-refractivity contribution < 1.29 is 22.9 Å². The third-order valence-corrected chi connectivity index (χ3v) is 5.65. The molecule has 1 N–H and O–H groups in total. The Morgan fingerprint density at radius 2 is 1.96 bits per heavy atom. The van der Waals surface area contributed by atoms with E-state index >= 15 is 0 Å². The van der Waals surface area contributed by atoms with E-state index in [-0.39, 0.29) is 23.1 Å². The summed E-state index contributed by atoms with van der Waals surface area (Å²) in [6.45, 7) is 0.203. The molecule has 0 saturated carbocycles. The summed E-state index contributed by atoms with van der Waals surface area (Å²) in [4.78, 5) is 24.3. The molecule has 1 heterocycles. The standard InChI is InChI=1S/C17H17N3O6S/c1-18-27(24,25)15-6-7-16-12(10-15)8-9-19(16)17(21)11-26-14-4-2-13(3-5-14)20(22)23/h2-7,10,18H,8-9,11H2,1H3. The molecule has 27 heavy (non-hydrogen) atoms. The lowest BCUT2D eigenvalue weighted by Crippen LogP contribution is -2.33. The van der Waals surface area contributed by atoms with Gasteiger partial charge < -0.3 is 9.64 Å². The molecule has 1 amide bonds. The Hall–Kier alpha value is -2.98. The molecule has 2 aromatic carbocycles. The van der Waals surface area contributed by atoms with Crippen LogP contribution in [0.15, 0.2) is 47.4 Å². The lowest BCUT2D eigenvalue weighted by molar-refractivity contribution is -0.384. The van der Waals surface area contributed by atoms with Gasteiger partial charge in [0.1, 0.15) is 5.75 Å². The zero-order valence-corrected chi connectivity index (χ0v) is 15.2. The molecular weight excluding hydrogens is 374 g/mol. The van der Waals surface area contributed by atoms with Crippen LogP contribution in [-0.4, -0.2) is 39.4 Å². The van der Waals surface area contributed by atoms with E-state index in [0.29, 0.717) is 24.4 Å². The number of nitrogens with one attached hydrogen (secondary N) is 1. The minimum absolute atomic E-state index is 0.0607. The SMILES string of the molecule is CNS(=O)(=O)c1ccc2c(c1)CCN2C(=O)COc1ccc([N+](=O)[O-])cc1. The van der Waals surface area contributed by atoms with Gasteiger partial charge in [-0.2, -0.15) is 0 Å². The zero-order valence-electron chi connectivity index (χ0n) is 14.4. The van der Waals surface area contributed by atoms with Crippen molar-refractivity contribution in [2.45, 2.75) is 11.3 Å². The van der Waals surface area contributed by atoms with Crippen molar-refractivity contribution in [3.8, 4) is 5.75 Å². The number of hydrogen-bond acceptors (Lipinski definition) is 6. The number of anilines is 1. The highest BCUT2D eigenvalue weighted by Gasteiger charge is 2.26. The van der Waals surface area contributed by atoms with Gasteiger partial charge in [-0.25, -0.2) is 13.1 Å². The van der Waals surface area contributed by atoms with Crippen LogP contribution in [0.5, 0.6) is 5.75 Å². The molecule has 0 unspecified atom stereocenters. The Kier molecular flexibility index (Phi) is 5.10. The lowest BCUT2D eigenvalue weighted by Gasteiger charge is -2.18. The molecule has 0 aromatic heterocycles. The van der Waals surface area contributed by atoms with Crippen LogP contribution in [0.25, 0.3) is 0 Å². The Labute approximate surface area is 155 Å². The van der Waals surface area contributed by atoms with Crippen molar-refractivity contribution in [2.75, 3.05) is 25.1 Å². The van der Waals surface area contributed by atoms with Crippen LogP contribution in [0.3, 0.4) is 0 Å². The average molecular weight is 391 g/mol. The lowest BCUT2D eigenvalue weighted by atomic mass is 10.2. The molecule has 3 rings (SSSR count). The van der Waals surface area contributed by atoms with E-state index in [1.165, 1.54) is 42.3 Å². The number of nitro benzene ring substituents is 1. The zero-order chi connectivity index (χ0) is 19.6. The van der Waals surface area contributed by atoms with Crippen LogP contribution < -0.4 is 14.4 Å². The van der Waals surface area contributed by atoms with Crippen LogP contribution in [0, 0.1) is 10.1 Å². The summed E-state index contributed by atoms with van der Waals surface area (Å²) in [6.07, 6.45) is 0.547. The van der Waals surface area contributed by atoms with Crippen molar-refractivity contribution in [3.05, 3.63) is 58.1 Å². The van der Waals surface area contributed by atoms with Gasteiger partial charge in [-0.05, 0) is 49.4 Å². The topological polar surface area (TPSA) is 119 Å². The van der Waals surface area contributed by atoms with Gasteiger partial charge in [-0.15, -0.1) is 0 Å². The van der Waals surface area contributed by atoms with Gasteiger partial charge >= 0.3 is 0 Å². The molecule has 0 spiro atoms. The summed E-state index contributed by atoms with van der Waals surface area (Å²) in [5, 5.41) is 10.6. The van der Waals surface area contributed by atoms with Crippen molar-refractivity contribution in [1.29, 1.82) is 0 Å². The fraction of sp³-hybridized carbons (Fsp3) is 0.235. The summed E-state index contributed by atoms with van der Waals surface area (Å²) >= 11 is 0. The maximum atomic E-state index is 12.5. The number of nitrogens with zero attached hydrogens (tertiary/aromatic N) is 2. The Morgan fingerprint density at radius 3 is 2.59 bits per heavy atom. The van der Waals surface area contributed by atoms with E-state index in [9.17, 15) is 23.3 Å². The average Bonchev–Trinajstić information content (AvgIpc) is 3.09. The highest BCUT2D eigenvalue weighted by molar-refractivity contribution is 7.89. The van der Waals surface area contributed by atoms with Crippen LogP contribution in [0.1, 0.15) is 5.56 Å².